The van der Waals surface area contributed by atoms with E-state index < -0.39 is 0 Å². The second-order valence-electron chi connectivity index (χ2n) is 5.17. The number of benzene rings is 3. The Labute approximate surface area is 149 Å². The molecule has 0 saturated carbocycles. The average molecular weight is 352 g/mol. The van der Waals surface area contributed by atoms with Crippen LogP contribution in [0.15, 0.2) is 82.0 Å². The number of phenols is 2. The van der Waals surface area contributed by atoms with Crippen molar-refractivity contribution in [1.29, 1.82) is 0 Å². The molecule has 6 heteroatoms. The van der Waals surface area contributed by atoms with Gasteiger partial charge in [-0.3, -0.25) is 4.99 Å². The van der Waals surface area contributed by atoms with E-state index in [1.165, 1.54) is 12.3 Å². The Kier molecular flexibility index (Phi) is 5.06. The normalized spacial score (nSPS) is 11.4. The van der Waals surface area contributed by atoms with Gasteiger partial charge in [0.2, 0.25) is 0 Å². The van der Waals surface area contributed by atoms with Crippen LogP contribution < -0.4 is 0 Å². The lowest BCUT2D eigenvalue weighted by Crippen LogP contribution is -1.82. The van der Waals surface area contributed by atoms with E-state index in [-0.39, 0.29) is 11.5 Å². The zero-order valence-corrected chi connectivity index (χ0v) is 13.8. The van der Waals surface area contributed by atoms with Gasteiger partial charge in [0.1, 0.15) is 17.2 Å². The molecule has 0 radical (unpaired) electrons. The van der Waals surface area contributed by atoms with Gasteiger partial charge in [0, 0.05) is 16.8 Å². The van der Waals surface area contributed by atoms with Crippen LogP contribution in [0.3, 0.4) is 0 Å². The smallest absolute Gasteiger partial charge is 0.141 e. The third-order valence-corrected chi connectivity index (χ3v) is 3.60. The highest BCUT2D eigenvalue weighted by atomic mass is 35.5. The van der Waals surface area contributed by atoms with Crippen molar-refractivity contribution in [1.82, 2.24) is 0 Å². The number of aromatic hydroxyl groups is 2. The highest BCUT2D eigenvalue weighted by molar-refractivity contribution is 6.30. The second kappa shape index (κ2) is 7.59. The Hall–Kier alpha value is -3.18. The number of para-hydroxylation sites is 2. The molecule has 124 valence electrons. The first kappa shape index (κ1) is 16.7. The van der Waals surface area contributed by atoms with Crippen molar-refractivity contribution in [3.8, 4) is 11.5 Å². The fourth-order valence-corrected chi connectivity index (χ4v) is 2.17. The molecule has 0 unspecified atom stereocenters. The van der Waals surface area contributed by atoms with Gasteiger partial charge < -0.3 is 10.2 Å². The molecule has 3 aromatic rings. The molecule has 0 amide bonds. The van der Waals surface area contributed by atoms with Gasteiger partial charge in [-0.1, -0.05) is 23.7 Å². The minimum Gasteiger partial charge on any atom is -0.507 e. The molecule has 0 heterocycles. The standard InChI is InChI=1S/C19H14ClN3O2/c20-14-5-7-15(8-6-14)22-23-16-9-10-18(24)13(11-16)12-21-17-3-1-2-4-19(17)25/h1-12,24-25H. The number of halogens is 1. The molecular weight excluding hydrogens is 338 g/mol. The van der Waals surface area contributed by atoms with Crippen molar-refractivity contribution in [3.05, 3.63) is 77.3 Å². The molecule has 0 spiro atoms. The molecule has 5 nitrogen and oxygen atoms in total. The Morgan fingerprint density at radius 3 is 2.20 bits per heavy atom. The molecule has 3 rings (SSSR count). The number of phenolic OH excluding ortho intramolecular Hbond substituents is 2. The maximum absolute atomic E-state index is 9.96. The lowest BCUT2D eigenvalue weighted by atomic mass is 10.2. The van der Waals surface area contributed by atoms with Gasteiger partial charge in [0.05, 0.1) is 11.4 Å². The molecule has 0 fully saturated rings. The number of aliphatic imine (C=N–C) groups is 1. The van der Waals surface area contributed by atoms with Crippen molar-refractivity contribution in [2.24, 2.45) is 15.2 Å². The van der Waals surface area contributed by atoms with Gasteiger partial charge in [0.25, 0.3) is 0 Å². The average Bonchev–Trinajstić information content (AvgIpc) is 2.62. The zero-order valence-electron chi connectivity index (χ0n) is 13.0. The van der Waals surface area contributed by atoms with Crippen molar-refractivity contribution in [2.45, 2.75) is 0 Å². The number of rotatable bonds is 4. The van der Waals surface area contributed by atoms with E-state index in [4.69, 9.17) is 11.6 Å². The fraction of sp³-hybridized carbons (Fsp3) is 0. The van der Waals surface area contributed by atoms with Crippen LogP contribution in [-0.2, 0) is 0 Å². The second-order valence-corrected chi connectivity index (χ2v) is 5.60. The van der Waals surface area contributed by atoms with Crippen LogP contribution in [0.4, 0.5) is 17.1 Å². The topological polar surface area (TPSA) is 77.5 Å². The molecule has 0 atom stereocenters. The first-order valence-corrected chi connectivity index (χ1v) is 7.82. The molecule has 0 saturated heterocycles. The molecule has 0 aromatic heterocycles. The van der Waals surface area contributed by atoms with E-state index in [1.807, 2.05) is 0 Å². The van der Waals surface area contributed by atoms with E-state index in [0.29, 0.717) is 27.6 Å². The summed E-state index contributed by atoms with van der Waals surface area (Å²) in [6.07, 6.45) is 1.46. The Balaban J connectivity index is 1.83. The maximum Gasteiger partial charge on any atom is 0.141 e. The van der Waals surface area contributed by atoms with Crippen molar-refractivity contribution < 1.29 is 10.2 Å². The number of nitrogens with zero attached hydrogens (tertiary/aromatic N) is 3. The van der Waals surface area contributed by atoms with Gasteiger partial charge in [-0.15, -0.1) is 0 Å². The predicted octanol–water partition coefficient (Wildman–Crippen LogP) is 5.92. The Morgan fingerprint density at radius 2 is 1.44 bits per heavy atom. The Bertz CT molecular complexity index is 938. The summed E-state index contributed by atoms with van der Waals surface area (Å²) in [6.45, 7) is 0. The zero-order chi connectivity index (χ0) is 17.6. The van der Waals surface area contributed by atoms with Crippen LogP contribution in [0.1, 0.15) is 5.56 Å². The van der Waals surface area contributed by atoms with Crippen LogP contribution in [-0.4, -0.2) is 16.4 Å². The summed E-state index contributed by atoms with van der Waals surface area (Å²) < 4.78 is 0. The minimum absolute atomic E-state index is 0.0598. The van der Waals surface area contributed by atoms with E-state index in [1.54, 1.807) is 60.7 Å². The van der Waals surface area contributed by atoms with Gasteiger partial charge in [-0.25, -0.2) is 0 Å². The van der Waals surface area contributed by atoms with Crippen molar-refractivity contribution >= 4 is 34.9 Å². The van der Waals surface area contributed by atoms with Gasteiger partial charge in [-0.2, -0.15) is 10.2 Å². The largest absolute Gasteiger partial charge is 0.507 e. The third kappa shape index (κ3) is 4.43. The molecule has 2 N–H and O–H groups in total. The van der Waals surface area contributed by atoms with Gasteiger partial charge in [0.15, 0.2) is 0 Å². The van der Waals surface area contributed by atoms with Crippen LogP contribution in [0.5, 0.6) is 11.5 Å². The van der Waals surface area contributed by atoms with E-state index in [9.17, 15) is 10.2 Å². The molecule has 0 aliphatic carbocycles. The SMILES string of the molecule is Oc1ccc(N=Nc2ccc(Cl)cc2)cc1C=Nc1ccccc1O. The maximum atomic E-state index is 9.96. The first-order chi connectivity index (χ1) is 12.1. The van der Waals surface area contributed by atoms with Crippen LogP contribution in [0, 0.1) is 0 Å². The summed E-state index contributed by atoms with van der Waals surface area (Å²) in [5.41, 5.74) is 2.11. The number of azo groups is 1. The molecule has 0 aliphatic heterocycles. The van der Waals surface area contributed by atoms with Crippen molar-refractivity contribution in [2.75, 3.05) is 0 Å². The molecular formula is C19H14ClN3O2. The predicted molar refractivity (Wildman–Crippen MR) is 99.1 cm³/mol. The summed E-state index contributed by atoms with van der Waals surface area (Å²) in [5, 5.41) is 28.6. The highest BCUT2D eigenvalue weighted by Gasteiger charge is 2.02. The van der Waals surface area contributed by atoms with Crippen LogP contribution in [0.2, 0.25) is 5.02 Å². The lowest BCUT2D eigenvalue weighted by Gasteiger charge is -2.01. The number of hydrogen-bond acceptors (Lipinski definition) is 5. The van der Waals surface area contributed by atoms with Crippen molar-refractivity contribution in [3.63, 3.8) is 0 Å². The van der Waals surface area contributed by atoms with Crippen LogP contribution in [0.25, 0.3) is 0 Å². The highest BCUT2D eigenvalue weighted by Crippen LogP contribution is 2.27. The van der Waals surface area contributed by atoms with E-state index in [2.05, 4.69) is 15.2 Å². The summed E-state index contributed by atoms with van der Waals surface area (Å²) in [6, 6.07) is 18.5. The van der Waals surface area contributed by atoms with E-state index >= 15 is 0 Å². The molecule has 0 aliphatic rings. The molecule has 25 heavy (non-hydrogen) atoms. The first-order valence-electron chi connectivity index (χ1n) is 7.44. The van der Waals surface area contributed by atoms with Crippen LogP contribution >= 0.6 is 11.6 Å². The Morgan fingerprint density at radius 1 is 0.760 bits per heavy atom. The van der Waals surface area contributed by atoms with Gasteiger partial charge in [-0.05, 0) is 54.6 Å². The minimum atomic E-state index is 0.0598. The quantitative estimate of drug-likeness (QED) is 0.452. The third-order valence-electron chi connectivity index (χ3n) is 3.34. The summed E-state index contributed by atoms with van der Waals surface area (Å²) in [4.78, 5) is 4.18. The monoisotopic (exact) mass is 351 g/mol. The summed E-state index contributed by atoms with van der Waals surface area (Å²) in [5.74, 6) is 0.126. The molecule has 3 aromatic carbocycles. The lowest BCUT2D eigenvalue weighted by molar-refractivity contribution is 0.474. The molecule has 0 bridgehead atoms. The van der Waals surface area contributed by atoms with Gasteiger partial charge >= 0.3 is 0 Å². The fourth-order valence-electron chi connectivity index (χ4n) is 2.04. The summed E-state index contributed by atoms with van der Waals surface area (Å²) >= 11 is 5.83. The number of hydrogen-bond donors (Lipinski definition) is 2. The summed E-state index contributed by atoms with van der Waals surface area (Å²) in [7, 11) is 0. The van der Waals surface area contributed by atoms with E-state index in [0.717, 1.165) is 0 Å².